The lowest BCUT2D eigenvalue weighted by Crippen LogP contribution is -2.48. The Labute approximate surface area is 161 Å². The normalized spacial score (nSPS) is 14.7. The van der Waals surface area contributed by atoms with Crippen molar-refractivity contribution in [3.8, 4) is 0 Å². The molecule has 1 N–H and O–H groups in total. The van der Waals surface area contributed by atoms with Crippen LogP contribution in [-0.2, 0) is 14.8 Å². The first-order valence-corrected chi connectivity index (χ1v) is 11.3. The highest BCUT2D eigenvalue weighted by atomic mass is 32.2. The molecule has 0 saturated heterocycles. The number of hydrogen-bond acceptors (Lipinski definition) is 6. The first-order chi connectivity index (χ1) is 12.8. The maximum absolute atomic E-state index is 12.9. The fraction of sp³-hybridized carbons (Fsp3) is 0.333. The van der Waals surface area contributed by atoms with Crippen LogP contribution < -0.4 is 14.7 Å². The largest absolute Gasteiger partial charge is 0.548 e. The molecule has 0 fully saturated rings. The van der Waals surface area contributed by atoms with Crippen molar-refractivity contribution in [3.05, 3.63) is 35.9 Å². The summed E-state index contributed by atoms with van der Waals surface area (Å²) in [6.45, 7) is 2.31. The number of benzene rings is 2. The molecule has 9 heteroatoms. The van der Waals surface area contributed by atoms with E-state index in [1.807, 2.05) is 6.92 Å². The molecule has 0 bridgehead atoms. The van der Waals surface area contributed by atoms with Gasteiger partial charge in [0, 0.05) is 22.9 Å². The van der Waals surface area contributed by atoms with E-state index < -0.39 is 22.0 Å². The summed E-state index contributed by atoms with van der Waals surface area (Å²) in [5.74, 6) is -1.16. The number of carbonyl (C=O) groups is 2. The molecule has 1 heterocycles. The second kappa shape index (κ2) is 7.49. The summed E-state index contributed by atoms with van der Waals surface area (Å²) in [6, 6.07) is 6.59. The van der Waals surface area contributed by atoms with Gasteiger partial charge in [-0.2, -0.15) is 11.8 Å². The van der Waals surface area contributed by atoms with Crippen LogP contribution in [-0.4, -0.2) is 44.9 Å². The summed E-state index contributed by atoms with van der Waals surface area (Å²) < 4.78 is 28.0. The van der Waals surface area contributed by atoms with Crippen molar-refractivity contribution in [2.75, 3.05) is 23.5 Å². The van der Waals surface area contributed by atoms with Crippen LogP contribution in [0.1, 0.15) is 23.7 Å². The number of amides is 1. The van der Waals surface area contributed by atoms with Gasteiger partial charge in [0.05, 0.1) is 22.6 Å². The molecule has 2 aromatic rings. The zero-order valence-corrected chi connectivity index (χ0v) is 16.5. The highest BCUT2D eigenvalue weighted by Crippen LogP contribution is 2.39. The van der Waals surface area contributed by atoms with Gasteiger partial charge in [-0.3, -0.25) is 4.79 Å². The molecule has 0 aromatic heterocycles. The molecule has 1 amide bonds. The van der Waals surface area contributed by atoms with Crippen molar-refractivity contribution in [3.63, 3.8) is 0 Å². The summed E-state index contributed by atoms with van der Waals surface area (Å²) in [7, 11) is -4.12. The quantitative estimate of drug-likeness (QED) is 0.699. The third kappa shape index (κ3) is 3.42. The van der Waals surface area contributed by atoms with Crippen LogP contribution in [0.15, 0.2) is 35.2 Å². The smallest absolute Gasteiger partial charge is 0.258 e. The van der Waals surface area contributed by atoms with Crippen LogP contribution in [0, 0.1) is 0 Å². The van der Waals surface area contributed by atoms with E-state index in [-0.39, 0.29) is 17.2 Å². The summed E-state index contributed by atoms with van der Waals surface area (Å²) in [5.41, 5.74) is 1.10. The summed E-state index contributed by atoms with van der Waals surface area (Å²) in [4.78, 5) is 25.4. The number of carboxylic acids is 1. The van der Waals surface area contributed by atoms with E-state index in [1.165, 1.54) is 17.8 Å². The predicted octanol–water partition coefficient (Wildman–Crippen LogP) is 0.970. The van der Waals surface area contributed by atoms with Crippen LogP contribution >= 0.6 is 11.8 Å². The van der Waals surface area contributed by atoms with Crippen molar-refractivity contribution in [2.24, 2.45) is 0 Å². The fourth-order valence-electron chi connectivity index (χ4n) is 3.28. The maximum atomic E-state index is 12.9. The summed E-state index contributed by atoms with van der Waals surface area (Å²) in [5, 5.41) is 12.3. The highest BCUT2D eigenvalue weighted by Gasteiger charge is 2.32. The number of anilines is 1. The topological polar surface area (TPSA) is 107 Å². The Hall–Kier alpha value is -2.10. The third-order valence-corrected chi connectivity index (χ3v) is 6.72. The van der Waals surface area contributed by atoms with Crippen molar-refractivity contribution < 1.29 is 23.1 Å². The highest BCUT2D eigenvalue weighted by molar-refractivity contribution is 7.98. The number of nitrogens with one attached hydrogen (secondary N) is 1. The lowest BCUT2D eigenvalue weighted by molar-refractivity contribution is -0.308. The molecular weight excluding hydrogens is 388 g/mol. The van der Waals surface area contributed by atoms with Crippen molar-refractivity contribution in [1.82, 2.24) is 4.72 Å². The first-order valence-electron chi connectivity index (χ1n) is 8.41. The Kier molecular flexibility index (Phi) is 5.45. The Morgan fingerprint density at radius 2 is 2.04 bits per heavy atom. The van der Waals surface area contributed by atoms with Crippen LogP contribution in [0.25, 0.3) is 10.8 Å². The molecule has 1 aliphatic rings. The molecule has 1 aliphatic heterocycles. The lowest BCUT2D eigenvalue weighted by Gasteiger charge is -2.20. The van der Waals surface area contributed by atoms with Crippen LogP contribution in [0.3, 0.4) is 0 Å². The number of sulfonamides is 1. The average Bonchev–Trinajstić information content (AvgIpc) is 2.91. The minimum absolute atomic E-state index is 0.0516. The van der Waals surface area contributed by atoms with Gasteiger partial charge in [-0.15, -0.1) is 0 Å². The van der Waals surface area contributed by atoms with Gasteiger partial charge in [0.25, 0.3) is 5.91 Å². The van der Waals surface area contributed by atoms with Crippen LogP contribution in [0.5, 0.6) is 0 Å². The van der Waals surface area contributed by atoms with Crippen molar-refractivity contribution >= 4 is 50.1 Å². The van der Waals surface area contributed by atoms with Gasteiger partial charge in [0.1, 0.15) is 0 Å². The molecular formula is C18H19N2O5S2-. The number of carbonyl (C=O) groups excluding carboxylic acids is 2. The van der Waals surface area contributed by atoms with E-state index in [9.17, 15) is 23.1 Å². The Morgan fingerprint density at radius 3 is 2.67 bits per heavy atom. The van der Waals surface area contributed by atoms with Gasteiger partial charge in [-0.25, -0.2) is 13.1 Å². The Bertz CT molecular complexity index is 1020. The zero-order valence-electron chi connectivity index (χ0n) is 14.9. The van der Waals surface area contributed by atoms with E-state index in [0.717, 1.165) is 0 Å². The molecule has 1 atom stereocenters. The average molecular weight is 407 g/mol. The van der Waals surface area contributed by atoms with Crippen molar-refractivity contribution in [2.45, 2.75) is 24.3 Å². The van der Waals surface area contributed by atoms with Gasteiger partial charge in [0.15, 0.2) is 0 Å². The van der Waals surface area contributed by atoms with Gasteiger partial charge in [-0.05, 0) is 43.6 Å². The number of rotatable bonds is 8. The Balaban J connectivity index is 2.09. The van der Waals surface area contributed by atoms with E-state index in [4.69, 9.17) is 0 Å². The lowest BCUT2D eigenvalue weighted by atomic mass is 10.1. The van der Waals surface area contributed by atoms with E-state index in [1.54, 1.807) is 35.4 Å². The zero-order chi connectivity index (χ0) is 19.8. The molecule has 27 heavy (non-hydrogen) atoms. The van der Waals surface area contributed by atoms with Gasteiger partial charge in [-0.1, -0.05) is 12.1 Å². The number of hydrogen-bond donors (Lipinski definition) is 1. The molecule has 0 unspecified atom stereocenters. The molecule has 0 radical (unpaired) electrons. The maximum Gasteiger partial charge on any atom is 0.258 e. The van der Waals surface area contributed by atoms with Gasteiger partial charge >= 0.3 is 0 Å². The predicted molar refractivity (Wildman–Crippen MR) is 103 cm³/mol. The number of carboxylic acid groups (broad SMARTS) is 1. The number of thioether (sulfide) groups is 1. The monoisotopic (exact) mass is 407 g/mol. The molecule has 0 aliphatic carbocycles. The second-order valence-corrected chi connectivity index (χ2v) is 8.80. The van der Waals surface area contributed by atoms with Gasteiger partial charge < -0.3 is 14.8 Å². The Morgan fingerprint density at radius 1 is 1.30 bits per heavy atom. The summed E-state index contributed by atoms with van der Waals surface area (Å²) >= 11 is 1.42. The van der Waals surface area contributed by atoms with Crippen molar-refractivity contribution in [1.29, 1.82) is 0 Å². The molecule has 144 valence electrons. The second-order valence-electron chi connectivity index (χ2n) is 6.13. The van der Waals surface area contributed by atoms with E-state index >= 15 is 0 Å². The fourth-order valence-corrected chi connectivity index (χ4v) is 5.17. The minimum Gasteiger partial charge on any atom is -0.548 e. The van der Waals surface area contributed by atoms with Crippen LogP contribution in [0.4, 0.5) is 5.69 Å². The molecule has 7 nitrogen and oxygen atoms in total. The van der Waals surface area contributed by atoms with E-state index in [0.29, 0.717) is 34.3 Å². The minimum atomic E-state index is -4.12. The molecule has 3 rings (SSSR count). The molecule has 0 saturated carbocycles. The third-order valence-electron chi connectivity index (χ3n) is 4.54. The molecule has 0 spiro atoms. The van der Waals surface area contributed by atoms with Gasteiger partial charge in [0.2, 0.25) is 10.0 Å². The SMILES string of the molecule is CCN1C(=O)c2cccc3c(S(=O)(=O)N[C@H](CCSC)C(=O)[O-])ccc1c23. The van der Waals surface area contributed by atoms with E-state index in [2.05, 4.69) is 4.72 Å². The summed E-state index contributed by atoms with van der Waals surface area (Å²) in [6.07, 6.45) is 1.92. The standard InChI is InChI=1S/C18H20N2O5S2/c1-3-20-14-7-8-15(11-5-4-6-12(16(11)14)17(20)21)27(24,25)19-13(18(22)23)9-10-26-2/h4-8,13,19H,3,9-10H2,1-2H3,(H,22,23)/p-1/t13-/m1/s1. The number of nitrogens with zero attached hydrogens (tertiary/aromatic N) is 1. The number of aliphatic carboxylic acids is 1. The van der Waals surface area contributed by atoms with Crippen LogP contribution in [0.2, 0.25) is 0 Å². The first kappa shape index (κ1) is 19.7. The molecule has 2 aromatic carbocycles.